The molecule has 0 aliphatic carbocycles. The number of rotatable bonds is 6. The first-order valence-corrected chi connectivity index (χ1v) is 13.1. The molecule has 0 bridgehead atoms. The zero-order chi connectivity index (χ0) is 25.2. The van der Waals surface area contributed by atoms with Crippen LogP contribution < -0.4 is 4.72 Å². The van der Waals surface area contributed by atoms with E-state index in [2.05, 4.69) is 78.3 Å². The second kappa shape index (κ2) is 10.2. The van der Waals surface area contributed by atoms with Crippen LogP contribution in [-0.2, 0) is 10.2 Å². The van der Waals surface area contributed by atoms with Crippen LogP contribution >= 0.6 is 11.9 Å². The van der Waals surface area contributed by atoms with Crippen LogP contribution in [0.15, 0.2) is 18.2 Å². The molecule has 2 atom stereocenters. The number of carbonyl (C=O) groups excluding carboxylic acids is 1. The van der Waals surface area contributed by atoms with Crippen LogP contribution in [0.25, 0.3) is 0 Å². The number of carbonyl (C=O) groups is 1. The van der Waals surface area contributed by atoms with E-state index in [4.69, 9.17) is 9.72 Å². The minimum absolute atomic E-state index is 0.0150. The van der Waals surface area contributed by atoms with E-state index in [1.54, 1.807) is 11.9 Å². The second-order valence-electron chi connectivity index (χ2n) is 13.1. The average Bonchev–Trinajstić information content (AvgIpc) is 2.93. The van der Waals surface area contributed by atoms with Crippen LogP contribution in [0.2, 0.25) is 0 Å². The number of likely N-dealkylation sites (tertiary alicyclic amines) is 1. The molecule has 0 aromatic carbocycles. The normalized spacial score (nSPS) is 20.1. The van der Waals surface area contributed by atoms with E-state index in [1.165, 1.54) is 0 Å². The van der Waals surface area contributed by atoms with E-state index in [0.717, 1.165) is 37.2 Å². The Bertz CT molecular complexity index is 803. The van der Waals surface area contributed by atoms with Crippen molar-refractivity contribution in [2.75, 3.05) is 6.54 Å². The van der Waals surface area contributed by atoms with Gasteiger partial charge in [-0.05, 0) is 92.7 Å². The van der Waals surface area contributed by atoms with Crippen LogP contribution in [0.5, 0.6) is 0 Å². The Morgan fingerprint density at radius 1 is 1.18 bits per heavy atom. The maximum absolute atomic E-state index is 12.8. The fourth-order valence-corrected chi connectivity index (χ4v) is 4.93. The number of hydrogen-bond donors (Lipinski definition) is 1. The minimum atomic E-state index is -0.478. The molecule has 0 saturated carbocycles. The lowest BCUT2D eigenvalue weighted by Gasteiger charge is -2.33. The predicted octanol–water partition coefficient (Wildman–Crippen LogP) is 7.27. The summed E-state index contributed by atoms with van der Waals surface area (Å²) < 4.78 is 9.51. The summed E-state index contributed by atoms with van der Waals surface area (Å²) >= 11 is 1.77. The Balaban J connectivity index is 2.14. The molecule has 0 spiro atoms. The molecule has 1 aliphatic rings. The lowest BCUT2D eigenvalue weighted by atomic mass is 9.90. The summed E-state index contributed by atoms with van der Waals surface area (Å²) in [6, 6.07) is 6.55. The number of amides is 1. The number of nitrogens with zero attached hydrogens (tertiary/aromatic N) is 2. The van der Waals surface area contributed by atoms with E-state index in [-0.39, 0.29) is 27.8 Å². The third-order valence-electron chi connectivity index (χ3n) is 5.84. The van der Waals surface area contributed by atoms with Gasteiger partial charge in [-0.2, -0.15) is 0 Å². The minimum Gasteiger partial charge on any atom is -0.444 e. The van der Waals surface area contributed by atoms with Gasteiger partial charge < -0.3 is 9.64 Å². The van der Waals surface area contributed by atoms with E-state index >= 15 is 0 Å². The maximum Gasteiger partial charge on any atom is 0.410 e. The highest BCUT2D eigenvalue weighted by Crippen LogP contribution is 2.38. The van der Waals surface area contributed by atoms with Gasteiger partial charge in [0.1, 0.15) is 5.60 Å². The SMILES string of the molecule is CC(C)(C)OC(=O)N1CC(CCC(NSC(C)(C)C)c2cccc(C(C)(C)C)n2)CC1(C)C. The zero-order valence-corrected chi connectivity index (χ0v) is 23.7. The van der Waals surface area contributed by atoms with Crippen molar-refractivity contribution in [1.29, 1.82) is 0 Å². The Morgan fingerprint density at radius 3 is 2.36 bits per heavy atom. The van der Waals surface area contributed by atoms with Crippen molar-refractivity contribution >= 4 is 18.0 Å². The first kappa shape index (κ1) is 28.0. The van der Waals surface area contributed by atoms with E-state index in [9.17, 15) is 4.79 Å². The number of aromatic nitrogens is 1. The summed E-state index contributed by atoms with van der Waals surface area (Å²) in [5.74, 6) is 0.447. The van der Waals surface area contributed by atoms with Crippen molar-refractivity contribution in [3.63, 3.8) is 0 Å². The Kier molecular flexibility index (Phi) is 8.60. The van der Waals surface area contributed by atoms with Gasteiger partial charge in [-0.1, -0.05) is 38.8 Å². The Hall–Kier alpha value is -1.27. The third kappa shape index (κ3) is 8.79. The third-order valence-corrected chi connectivity index (χ3v) is 6.86. The molecule has 1 aromatic heterocycles. The molecule has 2 unspecified atom stereocenters. The number of nitrogens with one attached hydrogen (secondary N) is 1. The van der Waals surface area contributed by atoms with Gasteiger partial charge in [0.05, 0.1) is 11.7 Å². The maximum atomic E-state index is 12.8. The Labute approximate surface area is 207 Å². The summed E-state index contributed by atoms with van der Waals surface area (Å²) in [7, 11) is 0. The molecule has 33 heavy (non-hydrogen) atoms. The molecular formula is C27H47N3O2S. The van der Waals surface area contributed by atoms with E-state index < -0.39 is 5.60 Å². The highest BCUT2D eigenvalue weighted by atomic mass is 32.2. The lowest BCUT2D eigenvalue weighted by Crippen LogP contribution is -2.45. The fourth-order valence-electron chi connectivity index (χ4n) is 4.20. The van der Waals surface area contributed by atoms with Gasteiger partial charge >= 0.3 is 6.09 Å². The van der Waals surface area contributed by atoms with Gasteiger partial charge in [0.2, 0.25) is 0 Å². The molecule has 1 aliphatic heterocycles. The van der Waals surface area contributed by atoms with Gasteiger partial charge in [-0.25, -0.2) is 4.79 Å². The van der Waals surface area contributed by atoms with Crippen molar-refractivity contribution in [3.05, 3.63) is 29.6 Å². The summed E-state index contributed by atoms with van der Waals surface area (Å²) in [6.07, 6.45) is 2.80. The van der Waals surface area contributed by atoms with Crippen LogP contribution in [0.1, 0.15) is 113 Å². The summed E-state index contributed by atoms with van der Waals surface area (Å²) in [5, 5.41) is 0. The second-order valence-corrected chi connectivity index (χ2v) is 14.8. The first-order valence-electron chi connectivity index (χ1n) is 12.3. The number of pyridine rings is 1. The molecule has 1 fully saturated rings. The zero-order valence-electron chi connectivity index (χ0n) is 22.8. The van der Waals surface area contributed by atoms with Gasteiger partial charge in [-0.15, -0.1) is 0 Å². The van der Waals surface area contributed by atoms with Crippen molar-refractivity contribution in [3.8, 4) is 0 Å². The highest BCUT2D eigenvalue weighted by molar-refractivity contribution is 7.98. The quantitative estimate of drug-likeness (QED) is 0.437. The van der Waals surface area contributed by atoms with Gasteiger partial charge in [0.15, 0.2) is 0 Å². The molecule has 1 saturated heterocycles. The first-order chi connectivity index (χ1) is 14.9. The largest absolute Gasteiger partial charge is 0.444 e. The molecule has 2 heterocycles. The molecule has 1 N–H and O–H groups in total. The van der Waals surface area contributed by atoms with Crippen LogP contribution in [0.4, 0.5) is 4.79 Å². The number of hydrogen-bond acceptors (Lipinski definition) is 5. The van der Waals surface area contributed by atoms with Crippen LogP contribution in [0, 0.1) is 5.92 Å². The monoisotopic (exact) mass is 477 g/mol. The van der Waals surface area contributed by atoms with Crippen molar-refractivity contribution in [2.45, 2.75) is 123 Å². The van der Waals surface area contributed by atoms with Gasteiger partial charge in [0.25, 0.3) is 0 Å². The predicted molar refractivity (Wildman–Crippen MR) is 141 cm³/mol. The molecule has 6 heteroatoms. The molecule has 1 aromatic rings. The smallest absolute Gasteiger partial charge is 0.410 e. The van der Waals surface area contributed by atoms with Crippen molar-refractivity contribution in [1.82, 2.24) is 14.6 Å². The summed E-state index contributed by atoms with van der Waals surface area (Å²) in [6.45, 7) is 24.1. The molecule has 1 amide bonds. The molecule has 0 radical (unpaired) electrons. The van der Waals surface area contributed by atoms with Crippen molar-refractivity contribution < 1.29 is 9.53 Å². The molecular weight excluding hydrogens is 430 g/mol. The Morgan fingerprint density at radius 2 is 1.82 bits per heavy atom. The van der Waals surface area contributed by atoms with E-state index in [1.807, 2.05) is 25.7 Å². The molecule has 5 nitrogen and oxygen atoms in total. The lowest BCUT2D eigenvalue weighted by molar-refractivity contribution is 0.0131. The van der Waals surface area contributed by atoms with E-state index in [0.29, 0.717) is 5.92 Å². The van der Waals surface area contributed by atoms with Crippen LogP contribution in [-0.4, -0.2) is 38.4 Å². The topological polar surface area (TPSA) is 54.5 Å². The molecule has 188 valence electrons. The highest BCUT2D eigenvalue weighted by Gasteiger charge is 2.43. The summed E-state index contributed by atoms with van der Waals surface area (Å²) in [4.78, 5) is 19.8. The fraction of sp³-hybridized carbons (Fsp3) is 0.778. The van der Waals surface area contributed by atoms with Gasteiger partial charge in [0, 0.05) is 27.9 Å². The van der Waals surface area contributed by atoms with Crippen molar-refractivity contribution in [2.24, 2.45) is 5.92 Å². The summed E-state index contributed by atoms with van der Waals surface area (Å²) in [5.41, 5.74) is 1.56. The van der Waals surface area contributed by atoms with Crippen LogP contribution in [0.3, 0.4) is 0 Å². The van der Waals surface area contributed by atoms with Gasteiger partial charge in [-0.3, -0.25) is 9.71 Å². The average molecular weight is 478 g/mol. The standard InChI is InChI=1S/C27H47N3O2S/c1-24(2,3)22-14-12-13-20(28-22)21(29-33-26(7,8)9)16-15-19-17-27(10,11)30(18-19)23(31)32-25(4,5)6/h12-14,19,21,29H,15-18H2,1-11H3. The molecule has 2 rings (SSSR count). The number of ether oxygens (including phenoxy) is 1.